The van der Waals surface area contributed by atoms with Crippen molar-refractivity contribution in [2.45, 2.75) is 38.1 Å². The third-order valence-electron chi connectivity index (χ3n) is 4.62. The monoisotopic (exact) mass is 270 g/mol. The maximum atomic E-state index is 6.16. The molecule has 1 unspecified atom stereocenters. The predicted molar refractivity (Wildman–Crippen MR) is 83.6 cm³/mol. The Morgan fingerprint density at radius 3 is 2.42 bits per heavy atom. The number of rotatable bonds is 7. The summed E-state index contributed by atoms with van der Waals surface area (Å²) in [6.45, 7) is 8.96. The zero-order valence-electron chi connectivity index (χ0n) is 13.5. The first kappa shape index (κ1) is 16.9. The lowest BCUT2D eigenvalue weighted by molar-refractivity contribution is 0.0987. The van der Waals surface area contributed by atoms with Crippen LogP contribution in [-0.2, 0) is 0 Å². The highest BCUT2D eigenvalue weighted by molar-refractivity contribution is 4.93. The van der Waals surface area contributed by atoms with Crippen LogP contribution in [0.3, 0.4) is 0 Å². The molecule has 0 spiro atoms. The van der Waals surface area contributed by atoms with E-state index in [1.807, 2.05) is 0 Å². The minimum atomic E-state index is 0.221. The lowest BCUT2D eigenvalue weighted by atomic mass is 9.89. The van der Waals surface area contributed by atoms with E-state index in [2.05, 4.69) is 42.8 Å². The molecule has 1 aliphatic rings. The fraction of sp³-hybridized carbons (Fsp3) is 1.00. The molecule has 0 radical (unpaired) electrons. The predicted octanol–water partition coefficient (Wildman–Crippen LogP) is 1.07. The van der Waals surface area contributed by atoms with Gasteiger partial charge in [-0.15, -0.1) is 0 Å². The Morgan fingerprint density at radius 2 is 1.84 bits per heavy atom. The lowest BCUT2D eigenvalue weighted by Crippen LogP contribution is -2.54. The molecule has 0 aliphatic carbocycles. The summed E-state index contributed by atoms with van der Waals surface area (Å²) in [5.74, 6) is 0. The summed E-state index contributed by atoms with van der Waals surface area (Å²) in [6, 6.07) is 0. The van der Waals surface area contributed by atoms with Gasteiger partial charge in [0.2, 0.25) is 0 Å². The average Bonchev–Trinajstić information content (AvgIpc) is 2.60. The van der Waals surface area contributed by atoms with Crippen LogP contribution in [0.4, 0.5) is 0 Å². The minimum absolute atomic E-state index is 0.221. The fourth-order valence-corrected chi connectivity index (χ4v) is 3.10. The van der Waals surface area contributed by atoms with Gasteiger partial charge in [0.05, 0.1) is 0 Å². The van der Waals surface area contributed by atoms with Gasteiger partial charge in [0.1, 0.15) is 0 Å². The summed E-state index contributed by atoms with van der Waals surface area (Å²) in [6.07, 6.45) is 5.00. The molecule has 4 nitrogen and oxygen atoms in total. The molecule has 1 atom stereocenters. The van der Waals surface area contributed by atoms with Gasteiger partial charge in [-0.25, -0.2) is 0 Å². The van der Waals surface area contributed by atoms with Crippen LogP contribution < -0.4 is 5.73 Å². The molecular weight excluding hydrogens is 236 g/mol. The van der Waals surface area contributed by atoms with Crippen molar-refractivity contribution in [2.24, 2.45) is 5.73 Å². The highest BCUT2D eigenvalue weighted by atomic mass is 15.2. The van der Waals surface area contributed by atoms with Gasteiger partial charge in [0.15, 0.2) is 0 Å². The number of nitrogens with zero attached hydrogens (tertiary/aromatic N) is 3. The van der Waals surface area contributed by atoms with Crippen molar-refractivity contribution in [3.8, 4) is 0 Å². The Morgan fingerprint density at radius 1 is 1.11 bits per heavy atom. The van der Waals surface area contributed by atoms with E-state index in [0.717, 1.165) is 19.6 Å². The van der Waals surface area contributed by atoms with E-state index >= 15 is 0 Å². The van der Waals surface area contributed by atoms with Crippen LogP contribution in [0.5, 0.6) is 0 Å². The molecule has 1 heterocycles. The Hall–Kier alpha value is -0.160. The molecule has 0 aromatic carbocycles. The lowest BCUT2D eigenvalue weighted by Gasteiger charge is -2.41. The average molecular weight is 270 g/mol. The molecule has 4 heteroatoms. The molecule has 0 amide bonds. The van der Waals surface area contributed by atoms with Gasteiger partial charge < -0.3 is 15.5 Å². The summed E-state index contributed by atoms with van der Waals surface area (Å²) >= 11 is 0. The SMILES string of the molecule is CCCN1CCCC(CN)(N(C)CCN(C)C)CC1. The van der Waals surface area contributed by atoms with Crippen molar-refractivity contribution in [1.29, 1.82) is 0 Å². The van der Waals surface area contributed by atoms with Crippen molar-refractivity contribution in [3.63, 3.8) is 0 Å². The molecule has 19 heavy (non-hydrogen) atoms. The van der Waals surface area contributed by atoms with E-state index in [1.165, 1.54) is 45.3 Å². The number of nitrogens with two attached hydrogens (primary N) is 1. The van der Waals surface area contributed by atoms with Crippen LogP contribution in [0.15, 0.2) is 0 Å². The molecule has 2 N–H and O–H groups in total. The fourth-order valence-electron chi connectivity index (χ4n) is 3.10. The molecule has 114 valence electrons. The van der Waals surface area contributed by atoms with Gasteiger partial charge in [-0.3, -0.25) is 4.90 Å². The van der Waals surface area contributed by atoms with E-state index < -0.39 is 0 Å². The summed E-state index contributed by atoms with van der Waals surface area (Å²) < 4.78 is 0. The minimum Gasteiger partial charge on any atom is -0.329 e. The second kappa shape index (κ2) is 8.20. The summed E-state index contributed by atoms with van der Waals surface area (Å²) in [4.78, 5) is 7.38. The zero-order chi connectivity index (χ0) is 14.3. The number of likely N-dealkylation sites (tertiary alicyclic amines) is 1. The van der Waals surface area contributed by atoms with Gasteiger partial charge >= 0.3 is 0 Å². The smallest absolute Gasteiger partial charge is 0.0341 e. The molecule has 0 aromatic heterocycles. The van der Waals surface area contributed by atoms with Crippen LogP contribution in [-0.4, -0.2) is 80.7 Å². The van der Waals surface area contributed by atoms with Crippen molar-refractivity contribution >= 4 is 0 Å². The van der Waals surface area contributed by atoms with Crippen molar-refractivity contribution in [1.82, 2.24) is 14.7 Å². The zero-order valence-corrected chi connectivity index (χ0v) is 13.5. The first-order valence-electron chi connectivity index (χ1n) is 7.82. The first-order chi connectivity index (χ1) is 9.04. The highest BCUT2D eigenvalue weighted by Gasteiger charge is 2.34. The highest BCUT2D eigenvalue weighted by Crippen LogP contribution is 2.27. The Labute approximate surface area is 119 Å². The largest absolute Gasteiger partial charge is 0.329 e. The summed E-state index contributed by atoms with van der Waals surface area (Å²) in [7, 11) is 6.53. The number of hydrogen-bond acceptors (Lipinski definition) is 4. The normalized spacial score (nSPS) is 26.1. The number of likely N-dealkylation sites (N-methyl/N-ethyl adjacent to an activating group) is 2. The topological polar surface area (TPSA) is 35.7 Å². The summed E-state index contributed by atoms with van der Waals surface area (Å²) in [5, 5.41) is 0. The van der Waals surface area contributed by atoms with Crippen LogP contribution in [0.25, 0.3) is 0 Å². The van der Waals surface area contributed by atoms with E-state index in [-0.39, 0.29) is 5.54 Å². The molecule has 1 aliphatic heterocycles. The first-order valence-corrected chi connectivity index (χ1v) is 7.82. The van der Waals surface area contributed by atoms with E-state index in [1.54, 1.807) is 0 Å². The van der Waals surface area contributed by atoms with Gasteiger partial charge in [0.25, 0.3) is 0 Å². The van der Waals surface area contributed by atoms with Crippen molar-refractivity contribution in [2.75, 3.05) is 60.4 Å². The van der Waals surface area contributed by atoms with Crippen molar-refractivity contribution < 1.29 is 0 Å². The third kappa shape index (κ3) is 5.03. The molecular formula is C15H34N4. The molecule has 0 bridgehead atoms. The molecule has 1 saturated heterocycles. The standard InChI is InChI=1S/C15H34N4/c1-5-9-19-10-6-7-15(14-16,8-11-19)18(4)13-12-17(2)3/h5-14,16H2,1-4H3. The van der Waals surface area contributed by atoms with E-state index in [4.69, 9.17) is 5.73 Å². The number of hydrogen-bond donors (Lipinski definition) is 1. The Bertz CT molecular complexity index is 244. The third-order valence-corrected chi connectivity index (χ3v) is 4.62. The van der Waals surface area contributed by atoms with Gasteiger partial charge in [0, 0.05) is 25.2 Å². The second-order valence-corrected chi connectivity index (χ2v) is 6.35. The Balaban J connectivity index is 2.58. The van der Waals surface area contributed by atoms with Crippen LogP contribution >= 0.6 is 0 Å². The van der Waals surface area contributed by atoms with Gasteiger partial charge in [-0.05, 0) is 66.5 Å². The molecule has 0 saturated carbocycles. The maximum absolute atomic E-state index is 6.16. The van der Waals surface area contributed by atoms with E-state index in [0.29, 0.717) is 0 Å². The van der Waals surface area contributed by atoms with Gasteiger partial charge in [-0.2, -0.15) is 0 Å². The second-order valence-electron chi connectivity index (χ2n) is 6.35. The van der Waals surface area contributed by atoms with Crippen LogP contribution in [0.1, 0.15) is 32.6 Å². The van der Waals surface area contributed by atoms with E-state index in [9.17, 15) is 0 Å². The molecule has 0 aromatic rings. The summed E-state index contributed by atoms with van der Waals surface area (Å²) in [5.41, 5.74) is 6.38. The molecule has 1 fully saturated rings. The maximum Gasteiger partial charge on any atom is 0.0341 e. The quantitative estimate of drug-likeness (QED) is 0.751. The Kier molecular flexibility index (Phi) is 7.29. The van der Waals surface area contributed by atoms with Gasteiger partial charge in [-0.1, -0.05) is 6.92 Å². The molecule has 1 rings (SSSR count). The van der Waals surface area contributed by atoms with Crippen LogP contribution in [0.2, 0.25) is 0 Å². The van der Waals surface area contributed by atoms with Crippen molar-refractivity contribution in [3.05, 3.63) is 0 Å². The van der Waals surface area contributed by atoms with Crippen LogP contribution in [0, 0.1) is 0 Å².